The highest BCUT2D eigenvalue weighted by molar-refractivity contribution is 6.30. The van der Waals surface area contributed by atoms with Crippen LogP contribution in [0.3, 0.4) is 0 Å². The maximum absolute atomic E-state index is 15.2. The first kappa shape index (κ1) is 26.4. The van der Waals surface area contributed by atoms with E-state index in [2.05, 4.69) is 21.4 Å². The highest BCUT2D eigenvalue weighted by Crippen LogP contribution is 2.42. The van der Waals surface area contributed by atoms with E-state index in [1.165, 1.54) is 6.20 Å². The zero-order chi connectivity index (χ0) is 27.7. The number of fused-ring (bicyclic) bond motifs is 4. The number of carbonyl (C=O) groups is 1. The Balaban J connectivity index is 1.30. The number of alkyl halides is 1. The van der Waals surface area contributed by atoms with E-state index in [9.17, 15) is 9.18 Å². The molecule has 39 heavy (non-hydrogen) atoms. The number of halogens is 3. The van der Waals surface area contributed by atoms with E-state index in [4.69, 9.17) is 26.1 Å². The molecule has 0 aromatic carbocycles. The first-order chi connectivity index (χ1) is 18.4. The van der Waals surface area contributed by atoms with Crippen LogP contribution in [0.1, 0.15) is 46.5 Å². The minimum Gasteiger partial charge on any atom is -0.461 e. The van der Waals surface area contributed by atoms with Gasteiger partial charge in [0.25, 0.3) is 0 Å². The first-order valence-electron chi connectivity index (χ1n) is 13.4. The smallest absolute Gasteiger partial charge is 0.410 e. The standard InChI is InChI=1S/C27H33ClF2N6O3/c1-15-7-27(8-16(29)11-35(27)10-15)14-38-24-32-21-19(9-31-22(28)20(21)30)23(33-24)34-12-17-5-6-18(13-34)36(17)25(37)39-26(2,3)4/h9,16-18H,1,5-8,10-14H2,2-4H3/t16?,17-,18+,27?. The van der Waals surface area contributed by atoms with Gasteiger partial charge >= 0.3 is 12.1 Å². The summed E-state index contributed by atoms with van der Waals surface area (Å²) in [5.74, 6) is -0.282. The van der Waals surface area contributed by atoms with E-state index in [0.29, 0.717) is 50.2 Å². The van der Waals surface area contributed by atoms with E-state index in [1.54, 1.807) is 0 Å². The van der Waals surface area contributed by atoms with Gasteiger partial charge in [-0.15, -0.1) is 0 Å². The van der Waals surface area contributed by atoms with Crippen LogP contribution in [0.15, 0.2) is 18.3 Å². The molecule has 2 aromatic heterocycles. The van der Waals surface area contributed by atoms with Gasteiger partial charge in [-0.05, 0) is 40.0 Å². The summed E-state index contributed by atoms with van der Waals surface area (Å²) < 4.78 is 41.3. The molecule has 4 saturated heterocycles. The Labute approximate surface area is 231 Å². The quantitative estimate of drug-likeness (QED) is 0.397. The highest BCUT2D eigenvalue weighted by Gasteiger charge is 2.51. The van der Waals surface area contributed by atoms with Crippen LogP contribution >= 0.6 is 11.6 Å². The first-order valence-corrected chi connectivity index (χ1v) is 13.8. The number of piperazine rings is 1. The molecule has 0 radical (unpaired) electrons. The number of anilines is 1. The Bertz CT molecular complexity index is 1320. The summed E-state index contributed by atoms with van der Waals surface area (Å²) in [6.07, 6.45) is 2.84. The molecule has 9 nitrogen and oxygen atoms in total. The monoisotopic (exact) mass is 562 g/mol. The maximum atomic E-state index is 15.2. The fourth-order valence-electron chi connectivity index (χ4n) is 6.64. The maximum Gasteiger partial charge on any atom is 0.410 e. The van der Waals surface area contributed by atoms with Crippen molar-refractivity contribution in [1.29, 1.82) is 0 Å². The number of nitrogens with zero attached hydrogens (tertiary/aromatic N) is 6. The average molecular weight is 563 g/mol. The summed E-state index contributed by atoms with van der Waals surface area (Å²) in [7, 11) is 0. The summed E-state index contributed by atoms with van der Waals surface area (Å²) >= 11 is 6.01. The van der Waals surface area contributed by atoms with Gasteiger partial charge in [-0.2, -0.15) is 9.97 Å². The van der Waals surface area contributed by atoms with Crippen molar-refractivity contribution in [2.45, 2.75) is 75.8 Å². The van der Waals surface area contributed by atoms with Gasteiger partial charge in [-0.3, -0.25) is 9.80 Å². The van der Waals surface area contributed by atoms with Crippen molar-refractivity contribution >= 4 is 34.4 Å². The summed E-state index contributed by atoms with van der Waals surface area (Å²) in [5.41, 5.74) is -0.0561. The van der Waals surface area contributed by atoms with Crippen LogP contribution < -0.4 is 9.64 Å². The number of hydrogen-bond acceptors (Lipinski definition) is 8. The number of hydrogen-bond donors (Lipinski definition) is 0. The largest absolute Gasteiger partial charge is 0.461 e. The van der Waals surface area contributed by atoms with E-state index < -0.39 is 23.1 Å². The summed E-state index contributed by atoms with van der Waals surface area (Å²) in [5, 5.41) is 0.119. The highest BCUT2D eigenvalue weighted by atomic mass is 35.5. The Morgan fingerprint density at radius 2 is 1.95 bits per heavy atom. The molecule has 0 aliphatic carbocycles. The fourth-order valence-corrected chi connectivity index (χ4v) is 6.78. The minimum atomic E-state index is -0.936. The van der Waals surface area contributed by atoms with Gasteiger partial charge in [0.05, 0.1) is 23.0 Å². The number of carbonyl (C=O) groups excluding carboxylic acids is 1. The van der Waals surface area contributed by atoms with Crippen molar-refractivity contribution in [3.63, 3.8) is 0 Å². The second kappa shape index (κ2) is 9.40. The molecule has 12 heteroatoms. The Hall–Kier alpha value is -2.79. The molecule has 0 spiro atoms. The van der Waals surface area contributed by atoms with E-state index in [-0.39, 0.29) is 41.5 Å². The summed E-state index contributed by atoms with van der Waals surface area (Å²) in [6, 6.07) is -0.153. The molecular weight excluding hydrogens is 530 g/mol. The Morgan fingerprint density at radius 1 is 1.23 bits per heavy atom. The van der Waals surface area contributed by atoms with Crippen molar-refractivity contribution in [3.05, 3.63) is 29.3 Å². The molecule has 0 N–H and O–H groups in total. The molecule has 1 amide bonds. The number of pyridine rings is 1. The normalized spacial score (nSPS) is 28.9. The van der Waals surface area contributed by atoms with Crippen molar-refractivity contribution in [3.8, 4) is 6.01 Å². The minimum absolute atomic E-state index is 0.00488. The van der Waals surface area contributed by atoms with Crippen LogP contribution in [0.4, 0.5) is 19.4 Å². The molecule has 4 aliphatic rings. The molecule has 6 rings (SSSR count). The van der Waals surface area contributed by atoms with Crippen LogP contribution in [0.5, 0.6) is 6.01 Å². The van der Waals surface area contributed by atoms with Crippen LogP contribution in [-0.2, 0) is 4.74 Å². The average Bonchev–Trinajstić information content (AvgIpc) is 3.42. The van der Waals surface area contributed by atoms with Crippen LogP contribution in [-0.4, -0.2) is 93.0 Å². The SMILES string of the molecule is C=C1CN2CC(F)CC2(COc2nc(N3C[C@H]4CC[C@@H](C3)N4C(=O)OC(C)(C)C)c3cnc(Cl)c(F)c3n2)C1. The molecule has 2 bridgehead atoms. The van der Waals surface area contributed by atoms with Gasteiger partial charge in [0.1, 0.15) is 29.7 Å². The van der Waals surface area contributed by atoms with Crippen molar-refractivity contribution in [1.82, 2.24) is 24.8 Å². The second-order valence-electron chi connectivity index (χ2n) is 12.3. The number of amides is 1. The van der Waals surface area contributed by atoms with Crippen LogP contribution in [0, 0.1) is 5.82 Å². The third kappa shape index (κ3) is 4.77. The topological polar surface area (TPSA) is 83.9 Å². The van der Waals surface area contributed by atoms with Crippen LogP contribution in [0.2, 0.25) is 5.15 Å². The molecule has 2 unspecified atom stereocenters. The fraction of sp³-hybridized carbons (Fsp3) is 0.630. The van der Waals surface area contributed by atoms with Gasteiger partial charge in [0.15, 0.2) is 11.0 Å². The number of ether oxygens (including phenoxy) is 2. The van der Waals surface area contributed by atoms with Gasteiger partial charge < -0.3 is 14.4 Å². The molecule has 4 fully saturated rings. The lowest BCUT2D eigenvalue weighted by Gasteiger charge is -2.42. The lowest BCUT2D eigenvalue weighted by molar-refractivity contribution is 0.0122. The molecule has 4 atom stereocenters. The second-order valence-corrected chi connectivity index (χ2v) is 12.6. The van der Waals surface area contributed by atoms with Gasteiger partial charge in [0.2, 0.25) is 0 Å². The summed E-state index contributed by atoms with van der Waals surface area (Å²) in [4.78, 5) is 31.9. The van der Waals surface area contributed by atoms with Crippen LogP contribution in [0.25, 0.3) is 10.9 Å². The van der Waals surface area contributed by atoms with Gasteiger partial charge in [0, 0.05) is 38.8 Å². The Kier molecular flexibility index (Phi) is 6.37. The molecule has 6 heterocycles. The van der Waals surface area contributed by atoms with Crippen molar-refractivity contribution in [2.75, 3.05) is 37.7 Å². The predicted octanol–water partition coefficient (Wildman–Crippen LogP) is 4.53. The van der Waals surface area contributed by atoms with Crippen molar-refractivity contribution < 1.29 is 23.0 Å². The molecule has 210 valence electrons. The van der Waals surface area contributed by atoms with Gasteiger partial charge in [-0.25, -0.2) is 18.6 Å². The lowest BCUT2D eigenvalue weighted by atomic mass is 9.93. The van der Waals surface area contributed by atoms with E-state index >= 15 is 4.39 Å². The van der Waals surface area contributed by atoms with Gasteiger partial charge in [-0.1, -0.05) is 23.8 Å². The predicted molar refractivity (Wildman–Crippen MR) is 142 cm³/mol. The van der Waals surface area contributed by atoms with E-state index in [1.807, 2.05) is 30.6 Å². The third-order valence-corrected chi connectivity index (χ3v) is 8.40. The third-order valence-electron chi connectivity index (χ3n) is 8.14. The molecule has 0 saturated carbocycles. The van der Waals surface area contributed by atoms with Crippen molar-refractivity contribution in [2.24, 2.45) is 0 Å². The molecule has 2 aromatic rings. The Morgan fingerprint density at radius 3 is 2.64 bits per heavy atom. The lowest BCUT2D eigenvalue weighted by Crippen LogP contribution is -2.57. The van der Waals surface area contributed by atoms with E-state index in [0.717, 1.165) is 18.4 Å². The summed E-state index contributed by atoms with van der Waals surface area (Å²) in [6.45, 7) is 11.8. The number of rotatable bonds is 4. The zero-order valence-corrected chi connectivity index (χ0v) is 23.2. The molecule has 4 aliphatic heterocycles. The molecular formula is C27H33ClF2N6O3. The zero-order valence-electron chi connectivity index (χ0n) is 22.4. The number of aromatic nitrogens is 3.